The SMILES string of the molecule is CCCc1ccc(NC(=O)c2cccc(OCC)c2)cc1. The molecule has 0 aliphatic heterocycles. The molecule has 0 aliphatic rings. The van der Waals surface area contributed by atoms with Crippen LogP contribution in [0, 0.1) is 0 Å². The van der Waals surface area contributed by atoms with Gasteiger partial charge in [-0.3, -0.25) is 4.79 Å². The number of rotatable bonds is 6. The summed E-state index contributed by atoms with van der Waals surface area (Å²) in [5.41, 5.74) is 2.69. The molecule has 2 aromatic rings. The molecule has 0 spiro atoms. The molecule has 3 nitrogen and oxygen atoms in total. The maximum Gasteiger partial charge on any atom is 0.255 e. The van der Waals surface area contributed by atoms with Crippen molar-refractivity contribution in [1.82, 2.24) is 0 Å². The van der Waals surface area contributed by atoms with Crippen LogP contribution < -0.4 is 10.1 Å². The number of hydrogen-bond acceptors (Lipinski definition) is 2. The van der Waals surface area contributed by atoms with E-state index < -0.39 is 0 Å². The van der Waals surface area contributed by atoms with E-state index in [0.29, 0.717) is 17.9 Å². The molecule has 21 heavy (non-hydrogen) atoms. The molecule has 0 atom stereocenters. The third-order valence-electron chi connectivity index (χ3n) is 3.16. The van der Waals surface area contributed by atoms with Crippen LogP contribution in [0.4, 0.5) is 5.69 Å². The van der Waals surface area contributed by atoms with E-state index in [1.165, 1.54) is 5.56 Å². The summed E-state index contributed by atoms with van der Waals surface area (Å²) in [6.07, 6.45) is 2.18. The number of benzene rings is 2. The number of aryl methyl sites for hydroxylation is 1. The minimum Gasteiger partial charge on any atom is -0.494 e. The maximum atomic E-state index is 12.2. The van der Waals surface area contributed by atoms with Crippen LogP contribution in [0.25, 0.3) is 0 Å². The van der Waals surface area contributed by atoms with Gasteiger partial charge in [0.1, 0.15) is 5.75 Å². The largest absolute Gasteiger partial charge is 0.494 e. The molecule has 2 aromatic carbocycles. The smallest absolute Gasteiger partial charge is 0.255 e. The Morgan fingerprint density at radius 3 is 2.52 bits per heavy atom. The second-order valence-corrected chi connectivity index (χ2v) is 4.86. The number of anilines is 1. The van der Waals surface area contributed by atoms with Gasteiger partial charge in [0.2, 0.25) is 0 Å². The first kappa shape index (κ1) is 15.1. The first-order chi connectivity index (χ1) is 10.2. The van der Waals surface area contributed by atoms with Crippen LogP contribution in [-0.4, -0.2) is 12.5 Å². The van der Waals surface area contributed by atoms with Gasteiger partial charge in [-0.25, -0.2) is 0 Å². The Bertz CT molecular complexity index is 590. The van der Waals surface area contributed by atoms with Gasteiger partial charge < -0.3 is 10.1 Å². The van der Waals surface area contributed by atoms with Crippen molar-refractivity contribution in [2.75, 3.05) is 11.9 Å². The third-order valence-corrected chi connectivity index (χ3v) is 3.16. The van der Waals surface area contributed by atoms with Gasteiger partial charge in [0.25, 0.3) is 5.91 Å². The van der Waals surface area contributed by atoms with Gasteiger partial charge in [-0.05, 0) is 49.2 Å². The van der Waals surface area contributed by atoms with Crippen LogP contribution in [0.2, 0.25) is 0 Å². The van der Waals surface area contributed by atoms with Crippen molar-refractivity contribution in [3.05, 3.63) is 59.7 Å². The van der Waals surface area contributed by atoms with Gasteiger partial charge >= 0.3 is 0 Å². The van der Waals surface area contributed by atoms with E-state index in [1.54, 1.807) is 12.1 Å². The molecule has 0 bridgehead atoms. The first-order valence-electron chi connectivity index (χ1n) is 7.36. The number of amides is 1. The highest BCUT2D eigenvalue weighted by Crippen LogP contribution is 2.16. The predicted octanol–water partition coefficient (Wildman–Crippen LogP) is 4.29. The van der Waals surface area contributed by atoms with Gasteiger partial charge in [0.15, 0.2) is 0 Å². The average Bonchev–Trinajstić information content (AvgIpc) is 2.50. The zero-order chi connectivity index (χ0) is 15.1. The van der Waals surface area contributed by atoms with Gasteiger partial charge in [0.05, 0.1) is 6.61 Å². The Hall–Kier alpha value is -2.29. The number of carbonyl (C=O) groups is 1. The molecule has 0 radical (unpaired) electrons. The molecular formula is C18H21NO2. The Morgan fingerprint density at radius 2 is 1.86 bits per heavy atom. The van der Waals surface area contributed by atoms with Crippen molar-refractivity contribution in [3.8, 4) is 5.75 Å². The number of ether oxygens (including phenoxy) is 1. The number of nitrogens with one attached hydrogen (secondary N) is 1. The number of hydrogen-bond donors (Lipinski definition) is 1. The first-order valence-corrected chi connectivity index (χ1v) is 7.36. The summed E-state index contributed by atoms with van der Waals surface area (Å²) in [4.78, 5) is 12.2. The summed E-state index contributed by atoms with van der Waals surface area (Å²) in [5.74, 6) is 0.586. The summed E-state index contributed by atoms with van der Waals surface area (Å²) in [6, 6.07) is 15.2. The second kappa shape index (κ2) is 7.48. The minimum atomic E-state index is -0.125. The fourth-order valence-corrected chi connectivity index (χ4v) is 2.14. The monoisotopic (exact) mass is 283 g/mol. The molecule has 0 aliphatic carbocycles. The molecule has 0 saturated carbocycles. The van der Waals surface area contributed by atoms with Crippen LogP contribution in [0.15, 0.2) is 48.5 Å². The lowest BCUT2D eigenvalue weighted by atomic mass is 10.1. The molecule has 0 saturated heterocycles. The quantitative estimate of drug-likeness (QED) is 0.858. The van der Waals surface area contributed by atoms with E-state index in [2.05, 4.69) is 24.4 Å². The average molecular weight is 283 g/mol. The van der Waals surface area contributed by atoms with Crippen molar-refractivity contribution in [2.45, 2.75) is 26.7 Å². The van der Waals surface area contributed by atoms with Crippen LogP contribution >= 0.6 is 0 Å². The lowest BCUT2D eigenvalue weighted by molar-refractivity contribution is 0.102. The standard InChI is InChI=1S/C18H21NO2/c1-3-6-14-9-11-16(12-10-14)19-18(20)15-7-5-8-17(13-15)21-4-2/h5,7-13H,3-4,6H2,1-2H3,(H,19,20). The highest BCUT2D eigenvalue weighted by Gasteiger charge is 2.07. The Kier molecular flexibility index (Phi) is 5.38. The van der Waals surface area contributed by atoms with Crippen LogP contribution in [0.3, 0.4) is 0 Å². The topological polar surface area (TPSA) is 38.3 Å². The zero-order valence-corrected chi connectivity index (χ0v) is 12.6. The van der Waals surface area contributed by atoms with E-state index in [9.17, 15) is 4.79 Å². The molecule has 2 rings (SSSR count). The molecule has 110 valence electrons. The molecule has 3 heteroatoms. The van der Waals surface area contributed by atoms with Gasteiger partial charge in [-0.2, -0.15) is 0 Å². The molecule has 1 amide bonds. The highest BCUT2D eigenvalue weighted by molar-refractivity contribution is 6.04. The highest BCUT2D eigenvalue weighted by atomic mass is 16.5. The van der Waals surface area contributed by atoms with Crippen molar-refractivity contribution < 1.29 is 9.53 Å². The lowest BCUT2D eigenvalue weighted by Crippen LogP contribution is -2.12. The Morgan fingerprint density at radius 1 is 1.10 bits per heavy atom. The van der Waals surface area contributed by atoms with Crippen LogP contribution in [0.1, 0.15) is 36.2 Å². The Labute approximate surface area is 126 Å². The number of carbonyl (C=O) groups excluding carboxylic acids is 1. The lowest BCUT2D eigenvalue weighted by Gasteiger charge is -2.08. The van der Waals surface area contributed by atoms with E-state index in [0.717, 1.165) is 18.5 Å². The molecule has 0 heterocycles. The van der Waals surface area contributed by atoms with Gasteiger partial charge in [-0.1, -0.05) is 31.5 Å². The summed E-state index contributed by atoms with van der Waals surface area (Å²) in [7, 11) is 0. The second-order valence-electron chi connectivity index (χ2n) is 4.86. The van der Waals surface area contributed by atoms with E-state index in [-0.39, 0.29) is 5.91 Å². The summed E-state index contributed by atoms with van der Waals surface area (Å²) in [6.45, 7) is 4.66. The van der Waals surface area contributed by atoms with Gasteiger partial charge in [0, 0.05) is 11.3 Å². The molecule has 0 aromatic heterocycles. The minimum absolute atomic E-state index is 0.125. The third kappa shape index (κ3) is 4.35. The molecule has 0 fully saturated rings. The molecular weight excluding hydrogens is 262 g/mol. The van der Waals surface area contributed by atoms with E-state index in [4.69, 9.17) is 4.74 Å². The molecule has 1 N–H and O–H groups in total. The van der Waals surface area contributed by atoms with Crippen LogP contribution in [0.5, 0.6) is 5.75 Å². The molecule has 0 unspecified atom stereocenters. The van der Waals surface area contributed by atoms with Crippen molar-refractivity contribution in [1.29, 1.82) is 0 Å². The predicted molar refractivity (Wildman–Crippen MR) is 86.0 cm³/mol. The zero-order valence-electron chi connectivity index (χ0n) is 12.6. The van der Waals surface area contributed by atoms with Crippen molar-refractivity contribution in [3.63, 3.8) is 0 Å². The Balaban J connectivity index is 2.05. The fraction of sp³-hybridized carbons (Fsp3) is 0.278. The van der Waals surface area contributed by atoms with Crippen molar-refractivity contribution in [2.24, 2.45) is 0 Å². The van der Waals surface area contributed by atoms with Crippen molar-refractivity contribution >= 4 is 11.6 Å². The summed E-state index contributed by atoms with van der Waals surface area (Å²) < 4.78 is 5.41. The fourth-order valence-electron chi connectivity index (χ4n) is 2.14. The van der Waals surface area contributed by atoms with E-state index in [1.807, 2.05) is 31.2 Å². The summed E-state index contributed by atoms with van der Waals surface area (Å²) >= 11 is 0. The normalized spacial score (nSPS) is 10.2. The summed E-state index contributed by atoms with van der Waals surface area (Å²) in [5, 5.41) is 2.90. The van der Waals surface area contributed by atoms with Gasteiger partial charge in [-0.15, -0.1) is 0 Å². The maximum absolute atomic E-state index is 12.2. The van der Waals surface area contributed by atoms with E-state index >= 15 is 0 Å². The van der Waals surface area contributed by atoms with Crippen LogP contribution in [-0.2, 0) is 6.42 Å².